The van der Waals surface area contributed by atoms with Crippen LogP contribution in [0.2, 0.25) is 0 Å². The molecule has 2 heterocycles. The number of aromatic amines is 1. The van der Waals surface area contributed by atoms with Gasteiger partial charge >= 0.3 is 6.01 Å². The zero-order chi connectivity index (χ0) is 22.6. The van der Waals surface area contributed by atoms with E-state index >= 15 is 0 Å². The first kappa shape index (κ1) is 20.7. The van der Waals surface area contributed by atoms with E-state index in [-0.39, 0.29) is 12.6 Å². The van der Waals surface area contributed by atoms with Gasteiger partial charge in [0.25, 0.3) is 0 Å². The van der Waals surface area contributed by atoms with Gasteiger partial charge in [-0.2, -0.15) is 10.1 Å². The van der Waals surface area contributed by atoms with Crippen LogP contribution in [0, 0.1) is 11.7 Å². The van der Waals surface area contributed by atoms with Gasteiger partial charge in [0.15, 0.2) is 17.2 Å². The van der Waals surface area contributed by atoms with Gasteiger partial charge < -0.3 is 4.74 Å². The van der Waals surface area contributed by atoms with Gasteiger partial charge in [-0.15, -0.1) is 5.10 Å². The minimum atomic E-state index is 0.127. The summed E-state index contributed by atoms with van der Waals surface area (Å²) in [5.74, 6) is 0.612. The van der Waals surface area contributed by atoms with E-state index in [1.54, 1.807) is 0 Å². The maximum absolute atomic E-state index is 5.91. The summed E-state index contributed by atoms with van der Waals surface area (Å²) in [6, 6.07) is 27.9. The Morgan fingerprint density at radius 1 is 0.818 bits per heavy atom. The Bertz CT molecular complexity index is 1430. The van der Waals surface area contributed by atoms with Crippen LogP contribution < -0.4 is 4.74 Å². The third-order valence-corrected chi connectivity index (χ3v) is 5.40. The van der Waals surface area contributed by atoms with Crippen LogP contribution >= 0.6 is 12.2 Å². The lowest BCUT2D eigenvalue weighted by molar-refractivity contribution is 0.266. The Balaban J connectivity index is 1.47. The van der Waals surface area contributed by atoms with Crippen molar-refractivity contribution in [2.75, 3.05) is 0 Å². The summed E-state index contributed by atoms with van der Waals surface area (Å²) >= 11 is 5.42. The molecule has 33 heavy (non-hydrogen) atoms. The van der Waals surface area contributed by atoms with Crippen molar-refractivity contribution in [1.29, 1.82) is 0 Å². The lowest BCUT2D eigenvalue weighted by atomic mass is 10.0. The van der Waals surface area contributed by atoms with Crippen LogP contribution in [0.5, 0.6) is 6.01 Å². The molecule has 8 heteroatoms. The van der Waals surface area contributed by atoms with Crippen LogP contribution in [-0.4, -0.2) is 29.9 Å². The van der Waals surface area contributed by atoms with Crippen LogP contribution in [0.3, 0.4) is 0 Å². The number of aryl methyl sites for hydroxylation is 1. The first-order valence-electron chi connectivity index (χ1n) is 10.4. The molecule has 0 fully saturated rings. The molecule has 162 valence electrons. The molecule has 0 atom stereocenters. The predicted octanol–water partition coefficient (Wildman–Crippen LogP) is 5.34. The Morgan fingerprint density at radius 3 is 2.12 bits per heavy atom. The van der Waals surface area contributed by atoms with Gasteiger partial charge in [0, 0.05) is 16.8 Å². The average Bonchev–Trinajstić information content (AvgIpc) is 3.24. The van der Waals surface area contributed by atoms with Gasteiger partial charge in [0.2, 0.25) is 0 Å². The molecule has 0 bridgehead atoms. The van der Waals surface area contributed by atoms with Crippen molar-refractivity contribution in [1.82, 2.24) is 29.9 Å². The van der Waals surface area contributed by atoms with Crippen molar-refractivity contribution in [2.24, 2.45) is 0 Å². The highest BCUT2D eigenvalue weighted by Gasteiger charge is 2.15. The molecular formula is C25H20N6OS. The second-order valence-electron chi connectivity index (χ2n) is 7.43. The molecule has 0 spiro atoms. The molecule has 0 aliphatic heterocycles. The van der Waals surface area contributed by atoms with Crippen LogP contribution in [0.15, 0.2) is 84.9 Å². The maximum Gasteiger partial charge on any atom is 0.336 e. The van der Waals surface area contributed by atoms with Gasteiger partial charge in [-0.1, -0.05) is 83.5 Å². The summed E-state index contributed by atoms with van der Waals surface area (Å²) in [6.45, 7) is 2.16. The standard InChI is InChI=1S/C25H20N6OS/c1-17-12-14-20(15-13-17)31-21(27-30-25(31)33)16-32-24-26-22(18-8-4-2-5-9-18)23(28-29-24)19-10-6-3-7-11-19/h2-15H,16H2,1H3,(H,30,33). The fourth-order valence-electron chi connectivity index (χ4n) is 3.48. The lowest BCUT2D eigenvalue weighted by Crippen LogP contribution is -2.08. The van der Waals surface area contributed by atoms with E-state index in [4.69, 9.17) is 17.0 Å². The highest BCUT2D eigenvalue weighted by Crippen LogP contribution is 2.29. The lowest BCUT2D eigenvalue weighted by Gasteiger charge is -2.11. The quantitative estimate of drug-likeness (QED) is 0.351. The zero-order valence-corrected chi connectivity index (χ0v) is 18.7. The zero-order valence-electron chi connectivity index (χ0n) is 17.8. The van der Waals surface area contributed by atoms with Crippen molar-refractivity contribution >= 4 is 12.2 Å². The highest BCUT2D eigenvalue weighted by molar-refractivity contribution is 7.71. The first-order valence-corrected chi connectivity index (χ1v) is 10.8. The Morgan fingerprint density at radius 2 is 1.45 bits per heavy atom. The topological polar surface area (TPSA) is 81.5 Å². The molecule has 0 radical (unpaired) electrons. The number of nitrogens with zero attached hydrogens (tertiary/aromatic N) is 5. The third kappa shape index (κ3) is 4.42. The monoisotopic (exact) mass is 452 g/mol. The van der Waals surface area contributed by atoms with E-state index < -0.39 is 0 Å². The van der Waals surface area contributed by atoms with E-state index in [1.165, 1.54) is 0 Å². The normalized spacial score (nSPS) is 10.8. The molecular weight excluding hydrogens is 432 g/mol. The Hall–Kier alpha value is -4.17. The number of hydrogen-bond acceptors (Lipinski definition) is 6. The van der Waals surface area contributed by atoms with Gasteiger partial charge in [0.05, 0.1) is 0 Å². The summed E-state index contributed by atoms with van der Waals surface area (Å²) in [5.41, 5.74) is 5.32. The molecule has 0 aliphatic carbocycles. The SMILES string of the molecule is Cc1ccc(-n2c(COc3nnc(-c4ccccc4)c(-c4ccccc4)n3)n[nH]c2=S)cc1. The van der Waals surface area contributed by atoms with E-state index in [1.807, 2.05) is 96.4 Å². The summed E-state index contributed by atoms with van der Waals surface area (Å²) in [6.07, 6.45) is 0. The van der Waals surface area contributed by atoms with Crippen molar-refractivity contribution in [3.8, 4) is 34.2 Å². The smallest absolute Gasteiger partial charge is 0.336 e. The van der Waals surface area contributed by atoms with Crippen molar-refractivity contribution in [3.63, 3.8) is 0 Å². The maximum atomic E-state index is 5.91. The third-order valence-electron chi connectivity index (χ3n) is 5.13. The summed E-state index contributed by atoms with van der Waals surface area (Å²) in [4.78, 5) is 4.69. The minimum Gasteiger partial charge on any atom is -0.454 e. The van der Waals surface area contributed by atoms with Gasteiger partial charge in [-0.25, -0.2) is 0 Å². The second kappa shape index (κ2) is 9.13. The number of rotatable bonds is 6. The number of H-pyrrole nitrogens is 1. The van der Waals surface area contributed by atoms with Crippen LogP contribution in [0.4, 0.5) is 0 Å². The summed E-state index contributed by atoms with van der Waals surface area (Å²) in [7, 11) is 0. The van der Waals surface area contributed by atoms with Gasteiger partial charge in [0.1, 0.15) is 11.4 Å². The van der Waals surface area contributed by atoms with E-state index in [2.05, 4.69) is 25.4 Å². The fourth-order valence-corrected chi connectivity index (χ4v) is 3.73. The molecule has 1 N–H and O–H groups in total. The van der Waals surface area contributed by atoms with Crippen LogP contribution in [0.25, 0.3) is 28.2 Å². The van der Waals surface area contributed by atoms with Crippen LogP contribution in [0.1, 0.15) is 11.4 Å². The second-order valence-corrected chi connectivity index (χ2v) is 7.81. The molecule has 2 aromatic heterocycles. The Kier molecular flexibility index (Phi) is 5.73. The van der Waals surface area contributed by atoms with E-state index in [9.17, 15) is 0 Å². The predicted molar refractivity (Wildman–Crippen MR) is 129 cm³/mol. The highest BCUT2D eigenvalue weighted by atomic mass is 32.1. The van der Waals surface area contributed by atoms with Crippen LogP contribution in [-0.2, 0) is 6.61 Å². The number of nitrogens with one attached hydrogen (secondary N) is 1. The Labute approximate surface area is 195 Å². The fraction of sp³-hybridized carbons (Fsp3) is 0.0800. The van der Waals surface area contributed by atoms with E-state index in [0.717, 1.165) is 22.4 Å². The molecule has 0 amide bonds. The summed E-state index contributed by atoms with van der Waals surface area (Å²) in [5, 5.41) is 15.8. The number of ether oxygens (including phenoxy) is 1. The number of aromatic nitrogens is 6. The molecule has 0 aliphatic rings. The minimum absolute atomic E-state index is 0.127. The summed E-state index contributed by atoms with van der Waals surface area (Å²) < 4.78 is 8.23. The molecule has 5 aromatic rings. The molecule has 0 unspecified atom stereocenters. The average molecular weight is 453 g/mol. The van der Waals surface area contributed by atoms with Crippen molar-refractivity contribution in [2.45, 2.75) is 13.5 Å². The molecule has 0 saturated carbocycles. The van der Waals surface area contributed by atoms with Crippen molar-refractivity contribution in [3.05, 3.63) is 101 Å². The first-order chi connectivity index (χ1) is 16.2. The largest absolute Gasteiger partial charge is 0.454 e. The molecule has 3 aromatic carbocycles. The molecule has 5 rings (SSSR count). The van der Waals surface area contributed by atoms with Gasteiger partial charge in [-0.05, 0) is 31.3 Å². The van der Waals surface area contributed by atoms with Gasteiger partial charge in [-0.3, -0.25) is 9.67 Å². The molecule has 0 saturated heterocycles. The molecule has 7 nitrogen and oxygen atoms in total. The number of benzene rings is 3. The van der Waals surface area contributed by atoms with E-state index in [0.29, 0.717) is 22.0 Å². The van der Waals surface area contributed by atoms with Crippen molar-refractivity contribution < 1.29 is 4.74 Å². The number of hydrogen-bond donors (Lipinski definition) is 1.